The number of carbonyl (C=O) groups excluding carboxylic acids is 2. The van der Waals surface area contributed by atoms with Gasteiger partial charge in [-0.05, 0) is 106 Å². The number of rotatable bonds is 8. The third kappa shape index (κ3) is 7.15. The Morgan fingerprint density at radius 2 is 1.59 bits per heavy atom. The summed E-state index contributed by atoms with van der Waals surface area (Å²) in [6.07, 6.45) is 2.99. The Bertz CT molecular complexity index is 986. The van der Waals surface area contributed by atoms with Crippen LogP contribution < -0.4 is 4.74 Å². The van der Waals surface area contributed by atoms with Gasteiger partial charge < -0.3 is 9.47 Å². The maximum Gasteiger partial charge on any atom is 0.446 e. The van der Waals surface area contributed by atoms with Gasteiger partial charge in [-0.15, -0.1) is 0 Å². The molecule has 8 heteroatoms. The lowest BCUT2D eigenvalue weighted by Crippen LogP contribution is -2.40. The molecule has 0 amide bonds. The van der Waals surface area contributed by atoms with Crippen molar-refractivity contribution in [1.82, 2.24) is 0 Å². The number of esters is 1. The molecule has 172 valence electrons. The smallest absolute Gasteiger partial charge is 0.446 e. The first-order chi connectivity index (χ1) is 14.8. The number of allylic oxidation sites excluding steroid dienone is 1. The lowest BCUT2D eigenvalue weighted by Gasteiger charge is -2.26. The van der Waals surface area contributed by atoms with Gasteiger partial charge in [-0.25, -0.2) is 4.79 Å². The molecule has 0 aromatic heterocycles. The highest BCUT2D eigenvalue weighted by Crippen LogP contribution is 2.36. The Balaban J connectivity index is 2.14. The van der Waals surface area contributed by atoms with Gasteiger partial charge >= 0.3 is 11.5 Å². The van der Waals surface area contributed by atoms with Gasteiger partial charge in [0.15, 0.2) is 11.4 Å². The van der Waals surface area contributed by atoms with Crippen LogP contribution in [0, 0.1) is 13.8 Å². The molecule has 0 aliphatic carbocycles. The van der Waals surface area contributed by atoms with Crippen LogP contribution in [0.15, 0.2) is 47.4 Å². The van der Waals surface area contributed by atoms with Crippen molar-refractivity contribution < 1.29 is 32.2 Å². The molecule has 0 unspecified atom stereocenters. The first-order valence-electron chi connectivity index (χ1n) is 9.88. The van der Waals surface area contributed by atoms with Crippen molar-refractivity contribution in [3.8, 4) is 5.75 Å². The number of ether oxygens (including phenoxy) is 2. The summed E-state index contributed by atoms with van der Waals surface area (Å²) in [5.41, 5.74) is -2.93. The molecule has 32 heavy (non-hydrogen) atoms. The standard InChI is InChI=1S/C24H25F3O4S/c1-6-30-22(29)23(4,5)31-21-15(2)13-17(14-16(21)3)7-12-20(28)18-8-10-19(11-9-18)32-24(25,26)27/h7-14H,6H2,1-5H3. The predicted molar refractivity (Wildman–Crippen MR) is 119 cm³/mol. The molecule has 0 fully saturated rings. The number of hydrogen-bond acceptors (Lipinski definition) is 5. The summed E-state index contributed by atoms with van der Waals surface area (Å²) in [7, 11) is 0. The fraction of sp³-hybridized carbons (Fsp3) is 0.333. The molecule has 0 atom stereocenters. The van der Waals surface area contributed by atoms with E-state index in [9.17, 15) is 22.8 Å². The summed E-state index contributed by atoms with van der Waals surface area (Å²) in [6.45, 7) is 8.91. The molecule has 0 spiro atoms. The molecule has 0 aliphatic heterocycles. The van der Waals surface area contributed by atoms with E-state index in [0.717, 1.165) is 16.7 Å². The number of benzene rings is 2. The summed E-state index contributed by atoms with van der Waals surface area (Å²) in [4.78, 5) is 24.5. The number of carbonyl (C=O) groups is 2. The summed E-state index contributed by atoms with van der Waals surface area (Å²) in [5, 5.41) is 0. The van der Waals surface area contributed by atoms with E-state index in [2.05, 4.69) is 0 Å². The molecule has 0 bridgehead atoms. The molecule has 0 aliphatic rings. The topological polar surface area (TPSA) is 52.6 Å². The quantitative estimate of drug-likeness (QED) is 0.192. The summed E-state index contributed by atoms with van der Waals surface area (Å²) in [5.74, 6) is -0.232. The minimum absolute atomic E-state index is 0.0191. The molecule has 2 aromatic carbocycles. The SMILES string of the molecule is CCOC(=O)C(C)(C)Oc1c(C)cc(C=CC(=O)c2ccc(SC(F)(F)F)cc2)cc1C. The van der Waals surface area contributed by atoms with Crippen molar-refractivity contribution in [2.24, 2.45) is 0 Å². The molecule has 0 heterocycles. The Morgan fingerprint density at radius 3 is 2.09 bits per heavy atom. The minimum atomic E-state index is -4.37. The van der Waals surface area contributed by atoms with Crippen molar-refractivity contribution in [3.63, 3.8) is 0 Å². The summed E-state index contributed by atoms with van der Waals surface area (Å²) < 4.78 is 48.2. The average molecular weight is 467 g/mol. The first-order valence-corrected chi connectivity index (χ1v) is 10.7. The van der Waals surface area contributed by atoms with Gasteiger partial charge in [0.25, 0.3) is 0 Å². The molecule has 0 N–H and O–H groups in total. The minimum Gasteiger partial charge on any atom is -0.476 e. The summed E-state index contributed by atoms with van der Waals surface area (Å²) >= 11 is -0.226. The van der Waals surface area contributed by atoms with Gasteiger partial charge in [-0.2, -0.15) is 13.2 Å². The van der Waals surface area contributed by atoms with E-state index >= 15 is 0 Å². The average Bonchev–Trinajstić information content (AvgIpc) is 2.68. The fourth-order valence-corrected chi connectivity index (χ4v) is 3.47. The monoisotopic (exact) mass is 466 g/mol. The van der Waals surface area contributed by atoms with Crippen LogP contribution in [-0.2, 0) is 9.53 Å². The van der Waals surface area contributed by atoms with E-state index in [0.29, 0.717) is 5.75 Å². The van der Waals surface area contributed by atoms with Crippen molar-refractivity contribution in [2.75, 3.05) is 6.61 Å². The van der Waals surface area contributed by atoms with E-state index in [-0.39, 0.29) is 34.6 Å². The van der Waals surface area contributed by atoms with Crippen molar-refractivity contribution in [2.45, 2.75) is 50.6 Å². The molecule has 0 radical (unpaired) electrons. The number of halogens is 3. The van der Waals surface area contributed by atoms with Crippen LogP contribution in [0.1, 0.15) is 47.8 Å². The second-order valence-corrected chi connectivity index (χ2v) is 8.72. The van der Waals surface area contributed by atoms with Gasteiger partial charge in [0.1, 0.15) is 5.75 Å². The van der Waals surface area contributed by atoms with Gasteiger partial charge in [0, 0.05) is 10.5 Å². The van der Waals surface area contributed by atoms with Crippen molar-refractivity contribution >= 4 is 29.6 Å². The number of ketones is 1. The number of hydrogen-bond donors (Lipinski definition) is 0. The molecule has 0 saturated carbocycles. The van der Waals surface area contributed by atoms with Crippen LogP contribution in [0.4, 0.5) is 13.2 Å². The van der Waals surface area contributed by atoms with E-state index in [1.54, 1.807) is 26.8 Å². The fourth-order valence-electron chi connectivity index (χ4n) is 2.93. The Morgan fingerprint density at radius 1 is 1.03 bits per heavy atom. The van der Waals surface area contributed by atoms with Gasteiger partial charge in [-0.3, -0.25) is 4.79 Å². The first kappa shape index (κ1) is 25.5. The van der Waals surface area contributed by atoms with E-state index in [4.69, 9.17) is 9.47 Å². The third-order valence-electron chi connectivity index (χ3n) is 4.41. The largest absolute Gasteiger partial charge is 0.476 e. The normalized spacial score (nSPS) is 12.1. The molecule has 2 rings (SSSR count). The predicted octanol–water partition coefficient (Wildman–Crippen LogP) is 6.53. The van der Waals surface area contributed by atoms with E-state index in [1.807, 2.05) is 26.0 Å². The van der Waals surface area contributed by atoms with Crippen LogP contribution in [0.5, 0.6) is 5.75 Å². The molecule has 0 saturated heterocycles. The van der Waals surface area contributed by atoms with Crippen LogP contribution in [0.2, 0.25) is 0 Å². The second-order valence-electron chi connectivity index (χ2n) is 7.59. The van der Waals surface area contributed by atoms with Crippen molar-refractivity contribution in [3.05, 3.63) is 64.7 Å². The Kier molecular flexibility index (Phi) is 8.18. The highest BCUT2D eigenvalue weighted by Gasteiger charge is 2.32. The molecular formula is C24H25F3O4S. The lowest BCUT2D eigenvalue weighted by molar-refractivity contribution is -0.158. The lowest BCUT2D eigenvalue weighted by atomic mass is 10.0. The molecule has 2 aromatic rings. The number of thioether (sulfide) groups is 1. The maximum atomic E-state index is 12.4. The molecule has 4 nitrogen and oxygen atoms in total. The number of alkyl halides is 3. The maximum absolute atomic E-state index is 12.4. The van der Waals surface area contributed by atoms with Crippen LogP contribution in [0.25, 0.3) is 6.08 Å². The zero-order valence-corrected chi connectivity index (χ0v) is 19.3. The zero-order chi connectivity index (χ0) is 24.1. The van der Waals surface area contributed by atoms with Crippen LogP contribution >= 0.6 is 11.8 Å². The number of aryl methyl sites for hydroxylation is 2. The van der Waals surface area contributed by atoms with Gasteiger partial charge in [-0.1, -0.05) is 6.08 Å². The zero-order valence-electron chi connectivity index (χ0n) is 18.5. The second kappa shape index (κ2) is 10.3. The highest BCUT2D eigenvalue weighted by atomic mass is 32.2. The summed E-state index contributed by atoms with van der Waals surface area (Å²) in [6, 6.07) is 8.90. The Hall–Kier alpha value is -2.74. The van der Waals surface area contributed by atoms with Gasteiger partial charge in [0.05, 0.1) is 6.61 Å². The Labute approximate surface area is 189 Å². The van der Waals surface area contributed by atoms with Crippen LogP contribution in [0.3, 0.4) is 0 Å². The van der Waals surface area contributed by atoms with Crippen LogP contribution in [-0.4, -0.2) is 29.5 Å². The highest BCUT2D eigenvalue weighted by molar-refractivity contribution is 8.00. The molecular weight excluding hydrogens is 441 g/mol. The van der Waals surface area contributed by atoms with Gasteiger partial charge in [0.2, 0.25) is 0 Å². The third-order valence-corrected chi connectivity index (χ3v) is 5.15. The van der Waals surface area contributed by atoms with E-state index in [1.165, 1.54) is 30.3 Å². The van der Waals surface area contributed by atoms with E-state index < -0.39 is 17.1 Å². The van der Waals surface area contributed by atoms with Crippen molar-refractivity contribution in [1.29, 1.82) is 0 Å².